The second-order valence-electron chi connectivity index (χ2n) is 4.36. The summed E-state index contributed by atoms with van der Waals surface area (Å²) in [6, 6.07) is 8.00. The van der Waals surface area contributed by atoms with Crippen molar-refractivity contribution in [3.8, 4) is 0 Å². The van der Waals surface area contributed by atoms with E-state index in [-0.39, 0.29) is 0 Å². The maximum absolute atomic E-state index is 5.33. The van der Waals surface area contributed by atoms with Crippen LogP contribution < -0.4 is 5.32 Å². The van der Waals surface area contributed by atoms with E-state index in [2.05, 4.69) is 15.3 Å². The zero-order chi connectivity index (χ0) is 11.5. The lowest BCUT2D eigenvalue weighted by atomic mass is 10.1. The van der Waals surface area contributed by atoms with E-state index >= 15 is 0 Å². The second-order valence-corrected chi connectivity index (χ2v) is 4.36. The standard InChI is InChI=1S/C13H15N3O/c1-2-4-12-11(3-1)8-15-13(16-12)14-7-10-5-6-17-9-10/h1-4,8,10H,5-7,9H2,(H,14,15,16). The number of para-hydroxylation sites is 1. The molecule has 1 aromatic carbocycles. The van der Waals surface area contributed by atoms with Gasteiger partial charge in [-0.15, -0.1) is 0 Å². The number of rotatable bonds is 3. The fraction of sp³-hybridized carbons (Fsp3) is 0.385. The smallest absolute Gasteiger partial charge is 0.223 e. The highest BCUT2D eigenvalue weighted by Crippen LogP contribution is 2.14. The zero-order valence-corrected chi connectivity index (χ0v) is 9.60. The first-order valence-electron chi connectivity index (χ1n) is 5.95. The molecule has 0 bridgehead atoms. The highest BCUT2D eigenvalue weighted by atomic mass is 16.5. The van der Waals surface area contributed by atoms with Crippen LogP contribution in [0.15, 0.2) is 30.5 Å². The van der Waals surface area contributed by atoms with Crippen LogP contribution in [-0.4, -0.2) is 29.7 Å². The van der Waals surface area contributed by atoms with Crippen LogP contribution in [0.1, 0.15) is 6.42 Å². The molecule has 88 valence electrons. The predicted molar refractivity (Wildman–Crippen MR) is 67.0 cm³/mol. The monoisotopic (exact) mass is 229 g/mol. The number of ether oxygens (including phenoxy) is 1. The number of anilines is 1. The third-order valence-corrected chi connectivity index (χ3v) is 3.06. The minimum Gasteiger partial charge on any atom is -0.381 e. The maximum Gasteiger partial charge on any atom is 0.223 e. The second kappa shape index (κ2) is 4.67. The maximum atomic E-state index is 5.33. The van der Waals surface area contributed by atoms with Gasteiger partial charge in [-0.05, 0) is 12.5 Å². The molecule has 1 aliphatic rings. The molecule has 2 heterocycles. The zero-order valence-electron chi connectivity index (χ0n) is 9.60. The highest BCUT2D eigenvalue weighted by molar-refractivity contribution is 5.78. The van der Waals surface area contributed by atoms with Gasteiger partial charge in [0.1, 0.15) is 0 Å². The highest BCUT2D eigenvalue weighted by Gasteiger charge is 2.15. The van der Waals surface area contributed by atoms with Gasteiger partial charge in [-0.1, -0.05) is 18.2 Å². The topological polar surface area (TPSA) is 47.0 Å². The normalized spacial score (nSPS) is 19.6. The number of aromatic nitrogens is 2. The Morgan fingerprint density at radius 3 is 3.18 bits per heavy atom. The summed E-state index contributed by atoms with van der Waals surface area (Å²) >= 11 is 0. The fourth-order valence-corrected chi connectivity index (χ4v) is 2.04. The molecule has 0 saturated carbocycles. The van der Waals surface area contributed by atoms with Gasteiger partial charge in [0.05, 0.1) is 12.1 Å². The molecular weight excluding hydrogens is 214 g/mol. The third-order valence-electron chi connectivity index (χ3n) is 3.06. The SMILES string of the molecule is c1ccc2nc(NCC3CCOC3)ncc2c1. The van der Waals surface area contributed by atoms with Crippen molar-refractivity contribution in [1.29, 1.82) is 0 Å². The predicted octanol–water partition coefficient (Wildman–Crippen LogP) is 2.08. The van der Waals surface area contributed by atoms with Gasteiger partial charge in [0, 0.05) is 30.7 Å². The average molecular weight is 229 g/mol. The molecule has 0 radical (unpaired) electrons. The summed E-state index contributed by atoms with van der Waals surface area (Å²) < 4.78 is 5.33. The number of nitrogens with one attached hydrogen (secondary N) is 1. The molecule has 3 rings (SSSR count). The van der Waals surface area contributed by atoms with E-state index in [1.807, 2.05) is 30.5 Å². The van der Waals surface area contributed by atoms with E-state index in [0.717, 1.165) is 37.1 Å². The Morgan fingerprint density at radius 2 is 2.29 bits per heavy atom. The van der Waals surface area contributed by atoms with Gasteiger partial charge >= 0.3 is 0 Å². The van der Waals surface area contributed by atoms with Crippen LogP contribution in [0.2, 0.25) is 0 Å². The molecule has 1 unspecified atom stereocenters. The minimum atomic E-state index is 0.588. The van der Waals surface area contributed by atoms with Gasteiger partial charge in [0.15, 0.2) is 0 Å². The molecule has 0 spiro atoms. The Morgan fingerprint density at radius 1 is 1.35 bits per heavy atom. The van der Waals surface area contributed by atoms with Gasteiger partial charge in [-0.3, -0.25) is 0 Å². The van der Waals surface area contributed by atoms with Gasteiger partial charge in [-0.25, -0.2) is 9.97 Å². The van der Waals surface area contributed by atoms with Crippen molar-refractivity contribution in [3.05, 3.63) is 30.5 Å². The molecule has 1 saturated heterocycles. The third kappa shape index (κ3) is 2.36. The summed E-state index contributed by atoms with van der Waals surface area (Å²) in [6.07, 6.45) is 2.98. The van der Waals surface area contributed by atoms with Crippen LogP contribution in [0.5, 0.6) is 0 Å². The molecule has 2 aromatic rings. The van der Waals surface area contributed by atoms with Crippen molar-refractivity contribution in [2.45, 2.75) is 6.42 Å². The lowest BCUT2D eigenvalue weighted by Gasteiger charge is -2.09. The number of hydrogen-bond acceptors (Lipinski definition) is 4. The van der Waals surface area contributed by atoms with E-state index in [1.54, 1.807) is 0 Å². The first-order chi connectivity index (χ1) is 8.42. The Balaban J connectivity index is 1.72. The van der Waals surface area contributed by atoms with E-state index in [0.29, 0.717) is 11.9 Å². The van der Waals surface area contributed by atoms with Crippen LogP contribution in [-0.2, 0) is 4.74 Å². The number of nitrogens with zero attached hydrogens (tertiary/aromatic N) is 2. The Bertz CT molecular complexity index is 509. The van der Waals surface area contributed by atoms with Crippen molar-refractivity contribution in [2.24, 2.45) is 5.92 Å². The lowest BCUT2D eigenvalue weighted by Crippen LogP contribution is -2.15. The summed E-state index contributed by atoms with van der Waals surface area (Å²) in [5, 5.41) is 4.35. The molecule has 17 heavy (non-hydrogen) atoms. The fourth-order valence-electron chi connectivity index (χ4n) is 2.04. The minimum absolute atomic E-state index is 0.588. The Labute approximate surface area is 100 Å². The number of fused-ring (bicyclic) bond motifs is 1. The average Bonchev–Trinajstić information content (AvgIpc) is 2.89. The van der Waals surface area contributed by atoms with E-state index in [1.165, 1.54) is 0 Å². The number of hydrogen-bond donors (Lipinski definition) is 1. The largest absolute Gasteiger partial charge is 0.381 e. The summed E-state index contributed by atoms with van der Waals surface area (Å²) in [5.41, 5.74) is 0.979. The molecule has 1 aliphatic heterocycles. The summed E-state index contributed by atoms with van der Waals surface area (Å²) in [4.78, 5) is 8.78. The van der Waals surface area contributed by atoms with Crippen LogP contribution in [0.3, 0.4) is 0 Å². The molecule has 1 N–H and O–H groups in total. The van der Waals surface area contributed by atoms with Crippen LogP contribution in [0.25, 0.3) is 10.9 Å². The molecule has 4 nitrogen and oxygen atoms in total. The van der Waals surface area contributed by atoms with E-state index in [4.69, 9.17) is 4.74 Å². The van der Waals surface area contributed by atoms with Gasteiger partial charge in [0.25, 0.3) is 0 Å². The Hall–Kier alpha value is -1.68. The van der Waals surface area contributed by atoms with Crippen molar-refractivity contribution in [2.75, 3.05) is 25.1 Å². The van der Waals surface area contributed by atoms with Crippen LogP contribution >= 0.6 is 0 Å². The van der Waals surface area contributed by atoms with E-state index in [9.17, 15) is 0 Å². The first kappa shape index (κ1) is 10.5. The molecule has 1 atom stereocenters. The molecule has 1 fully saturated rings. The summed E-state index contributed by atoms with van der Waals surface area (Å²) in [6.45, 7) is 2.61. The molecule has 1 aromatic heterocycles. The quantitative estimate of drug-likeness (QED) is 0.875. The van der Waals surface area contributed by atoms with Crippen LogP contribution in [0.4, 0.5) is 5.95 Å². The summed E-state index contributed by atoms with van der Waals surface area (Å²) in [5.74, 6) is 1.29. The molecule has 0 aliphatic carbocycles. The van der Waals surface area contributed by atoms with Crippen molar-refractivity contribution >= 4 is 16.9 Å². The van der Waals surface area contributed by atoms with Crippen molar-refractivity contribution in [3.63, 3.8) is 0 Å². The van der Waals surface area contributed by atoms with Gasteiger partial charge in [-0.2, -0.15) is 0 Å². The van der Waals surface area contributed by atoms with Crippen molar-refractivity contribution in [1.82, 2.24) is 9.97 Å². The molecular formula is C13H15N3O. The van der Waals surface area contributed by atoms with E-state index < -0.39 is 0 Å². The van der Waals surface area contributed by atoms with Crippen molar-refractivity contribution < 1.29 is 4.74 Å². The molecule has 0 amide bonds. The van der Waals surface area contributed by atoms with Gasteiger partial charge < -0.3 is 10.1 Å². The molecule has 4 heteroatoms. The Kier molecular flexibility index (Phi) is 2.88. The van der Waals surface area contributed by atoms with Crippen LogP contribution in [0, 0.1) is 5.92 Å². The summed E-state index contributed by atoms with van der Waals surface area (Å²) in [7, 11) is 0. The first-order valence-corrected chi connectivity index (χ1v) is 5.95. The van der Waals surface area contributed by atoms with Gasteiger partial charge in [0.2, 0.25) is 5.95 Å². The number of benzene rings is 1. The lowest BCUT2D eigenvalue weighted by molar-refractivity contribution is 0.187.